The van der Waals surface area contributed by atoms with Crippen molar-refractivity contribution < 1.29 is 14.6 Å². The second kappa shape index (κ2) is 6.30. The molecule has 1 aromatic rings. The molecule has 0 heterocycles. The number of hydrogen-bond acceptors (Lipinski definition) is 3. The van der Waals surface area contributed by atoms with Gasteiger partial charge in [0, 0.05) is 11.0 Å². The largest absolute Gasteiger partial charge is 0.550 e. The number of halogens is 1. The third kappa shape index (κ3) is 5.27. The molecule has 4 heteroatoms. The number of carboxylic acids is 1. The summed E-state index contributed by atoms with van der Waals surface area (Å²) in [5.74, 6) is -0.269. The van der Waals surface area contributed by atoms with Crippen molar-refractivity contribution in [3.8, 4) is 5.75 Å². The Hall–Kier alpha value is -1.22. The number of aliphatic carboxylic acids is 1. The van der Waals surface area contributed by atoms with Crippen molar-refractivity contribution >= 4 is 17.6 Å². The van der Waals surface area contributed by atoms with Crippen LogP contribution in [0.1, 0.15) is 19.3 Å². The molecule has 1 aromatic carbocycles. The van der Waals surface area contributed by atoms with E-state index in [0.29, 0.717) is 24.5 Å². The number of unbranched alkanes of at least 4 members (excludes halogenated alkanes) is 1. The van der Waals surface area contributed by atoms with Crippen LogP contribution in [0.4, 0.5) is 0 Å². The lowest BCUT2D eigenvalue weighted by Gasteiger charge is -2.06. The normalized spacial score (nSPS) is 9.93. The maximum atomic E-state index is 10.1. The number of carbonyl (C=O) groups is 1. The number of rotatable bonds is 6. The van der Waals surface area contributed by atoms with E-state index >= 15 is 0 Å². The molecule has 82 valence electrons. The van der Waals surface area contributed by atoms with Crippen LogP contribution in [0.3, 0.4) is 0 Å². The Bertz CT molecular complexity index is 308. The van der Waals surface area contributed by atoms with Gasteiger partial charge in [-0.25, -0.2) is 0 Å². The van der Waals surface area contributed by atoms with Gasteiger partial charge in [0.05, 0.1) is 6.61 Å². The molecule has 15 heavy (non-hydrogen) atoms. The summed E-state index contributed by atoms with van der Waals surface area (Å²) in [6, 6.07) is 7.05. The smallest absolute Gasteiger partial charge is 0.119 e. The minimum atomic E-state index is -1.01. The van der Waals surface area contributed by atoms with E-state index in [9.17, 15) is 9.90 Å². The summed E-state index contributed by atoms with van der Waals surface area (Å²) >= 11 is 5.70. The first-order valence-electron chi connectivity index (χ1n) is 4.76. The van der Waals surface area contributed by atoms with E-state index in [2.05, 4.69) is 0 Å². The summed E-state index contributed by atoms with van der Waals surface area (Å²) < 4.78 is 5.37. The molecule has 1 rings (SSSR count). The molecule has 0 atom stereocenters. The summed E-state index contributed by atoms with van der Waals surface area (Å²) in [5, 5.41) is 10.8. The fourth-order valence-electron chi connectivity index (χ4n) is 1.09. The first-order chi connectivity index (χ1) is 7.18. The van der Waals surface area contributed by atoms with Crippen LogP contribution in [0, 0.1) is 0 Å². The molecule has 0 saturated carbocycles. The first-order valence-corrected chi connectivity index (χ1v) is 5.14. The highest BCUT2D eigenvalue weighted by molar-refractivity contribution is 6.30. The van der Waals surface area contributed by atoms with Crippen molar-refractivity contribution in [2.75, 3.05) is 6.61 Å². The SMILES string of the molecule is O=C([O-])CCCCOc1ccc(Cl)cc1. The van der Waals surface area contributed by atoms with Crippen molar-refractivity contribution in [1.29, 1.82) is 0 Å². The molecule has 0 bridgehead atoms. The van der Waals surface area contributed by atoms with Gasteiger partial charge in [-0.15, -0.1) is 0 Å². The van der Waals surface area contributed by atoms with Crippen LogP contribution < -0.4 is 9.84 Å². The zero-order valence-electron chi connectivity index (χ0n) is 8.24. The Morgan fingerprint density at radius 1 is 1.27 bits per heavy atom. The maximum Gasteiger partial charge on any atom is 0.119 e. The Balaban J connectivity index is 2.15. The number of benzene rings is 1. The van der Waals surface area contributed by atoms with Crippen LogP contribution in [0.5, 0.6) is 5.75 Å². The van der Waals surface area contributed by atoms with Crippen LogP contribution in [0.25, 0.3) is 0 Å². The molecular weight excluding hydrogens is 216 g/mol. The molecule has 0 spiro atoms. The van der Waals surface area contributed by atoms with E-state index in [1.807, 2.05) is 0 Å². The van der Waals surface area contributed by atoms with Crippen molar-refractivity contribution in [2.45, 2.75) is 19.3 Å². The lowest BCUT2D eigenvalue weighted by Crippen LogP contribution is -2.21. The molecule has 0 aliphatic heterocycles. The number of hydrogen-bond donors (Lipinski definition) is 0. The fourth-order valence-corrected chi connectivity index (χ4v) is 1.22. The molecule has 0 saturated heterocycles. The summed E-state index contributed by atoms with van der Waals surface area (Å²) in [6.07, 6.45) is 1.37. The van der Waals surface area contributed by atoms with E-state index in [1.165, 1.54) is 0 Å². The van der Waals surface area contributed by atoms with Gasteiger partial charge in [0.25, 0.3) is 0 Å². The first kappa shape index (κ1) is 11.9. The van der Waals surface area contributed by atoms with Gasteiger partial charge in [-0.2, -0.15) is 0 Å². The van der Waals surface area contributed by atoms with Gasteiger partial charge in [0.2, 0.25) is 0 Å². The molecule has 0 aliphatic rings. The number of ether oxygens (including phenoxy) is 1. The highest BCUT2D eigenvalue weighted by Crippen LogP contribution is 2.15. The maximum absolute atomic E-state index is 10.1. The van der Waals surface area contributed by atoms with Crippen LogP contribution in [0.2, 0.25) is 5.02 Å². The van der Waals surface area contributed by atoms with Crippen molar-refractivity contribution in [1.82, 2.24) is 0 Å². The van der Waals surface area contributed by atoms with E-state index in [1.54, 1.807) is 24.3 Å². The highest BCUT2D eigenvalue weighted by atomic mass is 35.5. The molecule has 0 unspecified atom stereocenters. The zero-order chi connectivity index (χ0) is 11.1. The number of carbonyl (C=O) groups excluding carboxylic acids is 1. The third-order valence-corrected chi connectivity index (χ3v) is 2.11. The fraction of sp³-hybridized carbons (Fsp3) is 0.364. The Labute approximate surface area is 93.6 Å². The molecule has 0 N–H and O–H groups in total. The van der Waals surface area contributed by atoms with Gasteiger partial charge in [-0.1, -0.05) is 11.6 Å². The zero-order valence-corrected chi connectivity index (χ0v) is 9.00. The summed E-state index contributed by atoms with van der Waals surface area (Å²) in [4.78, 5) is 10.1. The van der Waals surface area contributed by atoms with Crippen molar-refractivity contribution in [3.63, 3.8) is 0 Å². The van der Waals surface area contributed by atoms with Crippen LogP contribution >= 0.6 is 11.6 Å². The summed E-state index contributed by atoms with van der Waals surface area (Å²) in [6.45, 7) is 0.509. The van der Waals surface area contributed by atoms with E-state index in [0.717, 1.165) is 5.75 Å². The minimum Gasteiger partial charge on any atom is -0.550 e. The standard InChI is InChI=1S/C11H13ClO3/c12-9-4-6-10(7-5-9)15-8-2-1-3-11(13)14/h4-7H,1-3,8H2,(H,13,14)/p-1. The minimum absolute atomic E-state index is 0.0873. The van der Waals surface area contributed by atoms with E-state index in [-0.39, 0.29) is 6.42 Å². The van der Waals surface area contributed by atoms with Crippen LogP contribution in [0.15, 0.2) is 24.3 Å². The van der Waals surface area contributed by atoms with Crippen molar-refractivity contribution in [3.05, 3.63) is 29.3 Å². The van der Waals surface area contributed by atoms with Gasteiger partial charge in [-0.3, -0.25) is 0 Å². The predicted octanol–water partition coefficient (Wildman–Crippen LogP) is 1.64. The van der Waals surface area contributed by atoms with Crippen molar-refractivity contribution in [2.24, 2.45) is 0 Å². The monoisotopic (exact) mass is 227 g/mol. The average molecular weight is 228 g/mol. The molecule has 0 fully saturated rings. The third-order valence-electron chi connectivity index (χ3n) is 1.86. The Morgan fingerprint density at radius 3 is 2.53 bits per heavy atom. The van der Waals surface area contributed by atoms with Gasteiger partial charge >= 0.3 is 0 Å². The lowest BCUT2D eigenvalue weighted by molar-refractivity contribution is -0.305. The summed E-state index contributed by atoms with van der Waals surface area (Å²) in [7, 11) is 0. The molecule has 0 aromatic heterocycles. The summed E-state index contributed by atoms with van der Waals surface area (Å²) in [5.41, 5.74) is 0. The molecule has 0 radical (unpaired) electrons. The van der Waals surface area contributed by atoms with Crippen LogP contribution in [-0.2, 0) is 4.79 Å². The molecule has 0 aliphatic carbocycles. The second-order valence-electron chi connectivity index (χ2n) is 3.13. The Kier molecular flexibility index (Phi) is 4.98. The van der Waals surface area contributed by atoms with Gasteiger partial charge < -0.3 is 14.6 Å². The second-order valence-corrected chi connectivity index (χ2v) is 3.57. The molecule has 0 amide bonds. The highest BCUT2D eigenvalue weighted by Gasteiger charge is 1.94. The molecular formula is C11H12ClO3-. The van der Waals surface area contributed by atoms with Crippen LogP contribution in [-0.4, -0.2) is 12.6 Å². The Morgan fingerprint density at radius 2 is 1.93 bits per heavy atom. The van der Waals surface area contributed by atoms with Gasteiger partial charge in [0.1, 0.15) is 5.75 Å². The predicted molar refractivity (Wildman–Crippen MR) is 55.8 cm³/mol. The van der Waals surface area contributed by atoms with Gasteiger partial charge in [-0.05, 0) is 43.5 Å². The quantitative estimate of drug-likeness (QED) is 0.695. The van der Waals surface area contributed by atoms with Gasteiger partial charge in [0.15, 0.2) is 0 Å². The lowest BCUT2D eigenvalue weighted by atomic mass is 10.2. The molecule has 3 nitrogen and oxygen atoms in total. The van der Waals surface area contributed by atoms with E-state index < -0.39 is 5.97 Å². The van der Waals surface area contributed by atoms with E-state index in [4.69, 9.17) is 16.3 Å². The number of carboxylic acid groups (broad SMARTS) is 1. The average Bonchev–Trinajstić information content (AvgIpc) is 2.20. The topological polar surface area (TPSA) is 49.4 Å².